The second-order valence-electron chi connectivity index (χ2n) is 7.79. The third-order valence-corrected chi connectivity index (χ3v) is 3.91. The number of esters is 2. The zero-order valence-electron chi connectivity index (χ0n) is 17.9. The molecule has 0 spiro atoms. The fourth-order valence-electron chi connectivity index (χ4n) is 2.63. The molecule has 2 atom stereocenters. The second kappa shape index (κ2) is 11.3. The zero-order chi connectivity index (χ0) is 22.9. The molecule has 0 unspecified atom stereocenters. The zero-order valence-corrected chi connectivity index (χ0v) is 17.9. The number of benzene rings is 1. The number of rotatable bonds is 9. The third-order valence-electron chi connectivity index (χ3n) is 3.91. The minimum atomic E-state index is -1.10. The Morgan fingerprint density at radius 2 is 1.63 bits per heavy atom. The Labute approximate surface area is 175 Å². The minimum Gasteiger partial charge on any atom is -0.467 e. The van der Waals surface area contributed by atoms with Gasteiger partial charge < -0.3 is 20.1 Å². The van der Waals surface area contributed by atoms with Gasteiger partial charge in [0, 0.05) is 19.8 Å². The van der Waals surface area contributed by atoms with Crippen molar-refractivity contribution in [3.63, 3.8) is 0 Å². The summed E-state index contributed by atoms with van der Waals surface area (Å²) < 4.78 is 23.0. The minimum absolute atomic E-state index is 0.0311. The first kappa shape index (κ1) is 25.1. The Kier molecular flexibility index (Phi) is 9.42. The number of carbonyl (C=O) groups is 4. The molecule has 0 heterocycles. The van der Waals surface area contributed by atoms with Crippen LogP contribution in [0.15, 0.2) is 24.3 Å². The topological polar surface area (TPSA) is 111 Å². The number of hydrogen-bond acceptors (Lipinski definition) is 6. The Bertz CT molecular complexity index is 758. The summed E-state index contributed by atoms with van der Waals surface area (Å²) in [6.45, 7) is 6.42. The van der Waals surface area contributed by atoms with E-state index in [0.717, 1.165) is 0 Å². The average molecular weight is 424 g/mol. The first-order valence-corrected chi connectivity index (χ1v) is 9.53. The average Bonchev–Trinajstić information content (AvgIpc) is 2.63. The smallest absolute Gasteiger partial charge is 0.328 e. The molecule has 0 fully saturated rings. The highest BCUT2D eigenvalue weighted by atomic mass is 19.1. The number of carbonyl (C=O) groups excluding carboxylic acids is 4. The molecule has 0 saturated carbocycles. The summed E-state index contributed by atoms with van der Waals surface area (Å²) in [4.78, 5) is 48.3. The highest BCUT2D eigenvalue weighted by Crippen LogP contribution is 2.11. The van der Waals surface area contributed by atoms with E-state index in [2.05, 4.69) is 10.6 Å². The van der Waals surface area contributed by atoms with Crippen molar-refractivity contribution in [1.29, 1.82) is 0 Å². The van der Waals surface area contributed by atoms with Crippen LogP contribution in [0.1, 0.15) is 46.1 Å². The van der Waals surface area contributed by atoms with Crippen molar-refractivity contribution in [3.8, 4) is 0 Å². The standard InChI is InChI=1S/C21H29FN2O6/c1-13(25)23-17(12-14-6-8-15(22)9-7-14)19(27)24-16(20(28)29-5)10-11-18(26)30-21(2,3)4/h6-9,16-17H,10-12H2,1-5H3,(H,23,25)(H,24,27)/t16-,17-/m1/s1. The molecule has 0 aliphatic heterocycles. The molecule has 8 nitrogen and oxygen atoms in total. The largest absolute Gasteiger partial charge is 0.467 e. The lowest BCUT2D eigenvalue weighted by atomic mass is 10.0. The number of methoxy groups -OCH3 is 1. The monoisotopic (exact) mass is 424 g/mol. The molecule has 0 saturated heterocycles. The molecule has 2 amide bonds. The normalized spacial score (nSPS) is 13.0. The molecule has 0 aliphatic rings. The third kappa shape index (κ3) is 9.49. The van der Waals surface area contributed by atoms with Crippen LogP contribution in [0.3, 0.4) is 0 Å². The lowest BCUT2D eigenvalue weighted by Crippen LogP contribution is -2.52. The van der Waals surface area contributed by atoms with Crippen LogP contribution in [-0.2, 0) is 35.1 Å². The van der Waals surface area contributed by atoms with Crippen molar-refractivity contribution in [2.75, 3.05) is 7.11 Å². The summed E-state index contributed by atoms with van der Waals surface area (Å²) in [6.07, 6.45) is -0.0532. The molecular formula is C21H29FN2O6. The Hall–Kier alpha value is -2.97. The van der Waals surface area contributed by atoms with Crippen LogP contribution in [-0.4, -0.2) is 48.5 Å². The lowest BCUT2D eigenvalue weighted by molar-refractivity contribution is -0.155. The Morgan fingerprint density at radius 1 is 1.03 bits per heavy atom. The molecule has 0 radical (unpaired) electrons. The maximum absolute atomic E-state index is 13.1. The van der Waals surface area contributed by atoms with Crippen LogP contribution >= 0.6 is 0 Å². The van der Waals surface area contributed by atoms with Crippen molar-refractivity contribution in [1.82, 2.24) is 10.6 Å². The predicted octanol–water partition coefficient (Wildman–Crippen LogP) is 1.65. The summed E-state index contributed by atoms with van der Waals surface area (Å²) >= 11 is 0. The first-order valence-electron chi connectivity index (χ1n) is 9.53. The second-order valence-corrected chi connectivity index (χ2v) is 7.79. The molecule has 1 aromatic carbocycles. The van der Waals surface area contributed by atoms with Gasteiger partial charge in [0.15, 0.2) is 0 Å². The number of amides is 2. The van der Waals surface area contributed by atoms with Gasteiger partial charge in [-0.15, -0.1) is 0 Å². The molecule has 1 aromatic rings. The van der Waals surface area contributed by atoms with Crippen molar-refractivity contribution in [3.05, 3.63) is 35.6 Å². The summed E-state index contributed by atoms with van der Waals surface area (Å²) in [6, 6.07) is 3.39. The molecule has 2 N–H and O–H groups in total. The first-order chi connectivity index (χ1) is 13.9. The van der Waals surface area contributed by atoms with Crippen LogP contribution in [0.5, 0.6) is 0 Å². The van der Waals surface area contributed by atoms with Gasteiger partial charge in [-0.3, -0.25) is 14.4 Å². The fraction of sp³-hybridized carbons (Fsp3) is 0.524. The van der Waals surface area contributed by atoms with E-state index in [1.807, 2.05) is 0 Å². The Balaban J connectivity index is 2.85. The van der Waals surface area contributed by atoms with Crippen LogP contribution in [0.2, 0.25) is 0 Å². The molecule has 0 aliphatic carbocycles. The van der Waals surface area contributed by atoms with Crippen molar-refractivity contribution in [2.24, 2.45) is 0 Å². The van der Waals surface area contributed by atoms with E-state index in [-0.39, 0.29) is 19.3 Å². The van der Waals surface area contributed by atoms with Crippen LogP contribution < -0.4 is 10.6 Å². The van der Waals surface area contributed by atoms with Gasteiger partial charge in [-0.25, -0.2) is 9.18 Å². The van der Waals surface area contributed by atoms with E-state index < -0.39 is 47.3 Å². The Morgan fingerprint density at radius 3 is 2.13 bits per heavy atom. The summed E-state index contributed by atoms with van der Waals surface area (Å²) in [5, 5.41) is 5.03. The fourth-order valence-corrected chi connectivity index (χ4v) is 2.63. The van der Waals surface area contributed by atoms with Gasteiger partial charge in [0.05, 0.1) is 7.11 Å². The number of ether oxygens (including phenoxy) is 2. The molecule has 30 heavy (non-hydrogen) atoms. The van der Waals surface area contributed by atoms with Gasteiger partial charge in [0.25, 0.3) is 0 Å². The highest BCUT2D eigenvalue weighted by Gasteiger charge is 2.28. The van der Waals surface area contributed by atoms with Gasteiger partial charge in [0.1, 0.15) is 23.5 Å². The molecule has 0 aromatic heterocycles. The quantitative estimate of drug-likeness (QED) is 0.583. The van der Waals surface area contributed by atoms with Crippen molar-refractivity contribution in [2.45, 2.75) is 64.6 Å². The van der Waals surface area contributed by atoms with Crippen LogP contribution in [0.4, 0.5) is 4.39 Å². The summed E-state index contributed by atoms with van der Waals surface area (Å²) in [5.41, 5.74) is -0.0547. The van der Waals surface area contributed by atoms with Gasteiger partial charge in [0.2, 0.25) is 11.8 Å². The SMILES string of the molecule is COC(=O)[C@@H](CCC(=O)OC(C)(C)C)NC(=O)[C@@H](Cc1ccc(F)cc1)NC(C)=O. The molecule has 1 rings (SSSR count). The van der Waals surface area contributed by atoms with E-state index in [9.17, 15) is 23.6 Å². The van der Waals surface area contributed by atoms with Crippen molar-refractivity contribution >= 4 is 23.8 Å². The molecule has 0 bridgehead atoms. The lowest BCUT2D eigenvalue weighted by Gasteiger charge is -2.23. The molecule has 9 heteroatoms. The number of nitrogens with one attached hydrogen (secondary N) is 2. The highest BCUT2D eigenvalue weighted by molar-refractivity contribution is 5.90. The van der Waals surface area contributed by atoms with Gasteiger partial charge in [-0.2, -0.15) is 0 Å². The molecule has 166 valence electrons. The van der Waals surface area contributed by atoms with E-state index in [4.69, 9.17) is 9.47 Å². The summed E-state index contributed by atoms with van der Waals surface area (Å²) in [7, 11) is 1.17. The van der Waals surface area contributed by atoms with Crippen LogP contribution in [0, 0.1) is 5.82 Å². The summed E-state index contributed by atoms with van der Waals surface area (Å²) in [5.74, 6) is -2.74. The van der Waals surface area contributed by atoms with E-state index in [1.54, 1.807) is 20.8 Å². The molecular weight excluding hydrogens is 395 g/mol. The predicted molar refractivity (Wildman–Crippen MR) is 107 cm³/mol. The number of hydrogen-bond donors (Lipinski definition) is 2. The van der Waals surface area contributed by atoms with Gasteiger partial charge >= 0.3 is 11.9 Å². The van der Waals surface area contributed by atoms with E-state index >= 15 is 0 Å². The van der Waals surface area contributed by atoms with Gasteiger partial charge in [-0.05, 0) is 44.9 Å². The van der Waals surface area contributed by atoms with E-state index in [0.29, 0.717) is 5.56 Å². The van der Waals surface area contributed by atoms with Crippen LogP contribution in [0.25, 0.3) is 0 Å². The maximum Gasteiger partial charge on any atom is 0.328 e. The van der Waals surface area contributed by atoms with Crippen molar-refractivity contribution < 1.29 is 33.0 Å². The van der Waals surface area contributed by atoms with E-state index in [1.165, 1.54) is 38.3 Å². The van der Waals surface area contributed by atoms with Gasteiger partial charge in [-0.1, -0.05) is 12.1 Å². The maximum atomic E-state index is 13.1. The number of halogens is 1.